The molecule has 0 spiro atoms. The maximum Gasteiger partial charge on any atom is 0.145 e. The van der Waals surface area contributed by atoms with Gasteiger partial charge in [0.1, 0.15) is 11.5 Å². The monoisotopic (exact) mass is 334 g/mol. The van der Waals surface area contributed by atoms with Crippen LogP contribution < -0.4 is 4.74 Å². The summed E-state index contributed by atoms with van der Waals surface area (Å²) in [5.41, 5.74) is 0.625. The smallest absolute Gasteiger partial charge is 0.145 e. The third-order valence-corrected chi connectivity index (χ3v) is 6.48. The Kier molecular flexibility index (Phi) is 6.04. The molecule has 0 amide bonds. The highest BCUT2D eigenvalue weighted by atomic mass is 28.3. The molecule has 3 nitrogen and oxygen atoms in total. The zero-order valence-electron chi connectivity index (χ0n) is 15.0. The summed E-state index contributed by atoms with van der Waals surface area (Å²) in [6.45, 7) is 8.33. The first-order valence-electron chi connectivity index (χ1n) is 8.63. The van der Waals surface area contributed by atoms with Crippen LogP contribution in [0.4, 0.5) is 0 Å². The van der Waals surface area contributed by atoms with E-state index in [2.05, 4.69) is 19.6 Å². The molecule has 0 aromatic heterocycles. The molecule has 1 atom stereocenters. The van der Waals surface area contributed by atoms with E-state index in [0.717, 1.165) is 43.2 Å². The van der Waals surface area contributed by atoms with E-state index in [1.165, 1.54) is 0 Å². The van der Waals surface area contributed by atoms with E-state index in [9.17, 15) is 4.79 Å². The fourth-order valence-corrected chi connectivity index (χ4v) is 3.92. The average Bonchev–Trinajstić information content (AvgIpc) is 2.52. The standard InChI is InChI=1S/C19H30O3Si/c1-21-17-10-8-16(9-11-17)19(12-6-5-7-18(19)20)15-22-13-14-23(2,3)4/h8-11H,5-7,12-15H2,1-4H3. The molecular formula is C19H30O3Si. The van der Waals surface area contributed by atoms with Crippen LogP contribution in [0.25, 0.3) is 0 Å². The second kappa shape index (κ2) is 7.62. The van der Waals surface area contributed by atoms with Crippen molar-refractivity contribution in [3.8, 4) is 5.75 Å². The van der Waals surface area contributed by atoms with E-state index in [1.807, 2.05) is 24.3 Å². The molecule has 0 aliphatic heterocycles. The van der Waals surface area contributed by atoms with E-state index in [-0.39, 0.29) is 0 Å². The number of Topliss-reactive ketones (excluding diaryl/α,β-unsaturated/α-hetero) is 1. The highest BCUT2D eigenvalue weighted by Crippen LogP contribution is 2.38. The van der Waals surface area contributed by atoms with Gasteiger partial charge in [0.15, 0.2) is 0 Å². The lowest BCUT2D eigenvalue weighted by atomic mass is 9.69. The molecule has 0 saturated heterocycles. The van der Waals surface area contributed by atoms with Crippen molar-refractivity contribution >= 4 is 13.9 Å². The van der Waals surface area contributed by atoms with Crippen molar-refractivity contribution in [1.82, 2.24) is 0 Å². The summed E-state index contributed by atoms with van der Waals surface area (Å²) in [6, 6.07) is 9.09. The van der Waals surface area contributed by atoms with Crippen LogP contribution >= 0.6 is 0 Å². The minimum atomic E-state index is -1.10. The van der Waals surface area contributed by atoms with Crippen LogP contribution in [-0.4, -0.2) is 34.2 Å². The van der Waals surface area contributed by atoms with Crippen LogP contribution in [0.3, 0.4) is 0 Å². The highest BCUT2D eigenvalue weighted by Gasteiger charge is 2.41. The van der Waals surface area contributed by atoms with Gasteiger partial charge in [0.05, 0.1) is 19.1 Å². The van der Waals surface area contributed by atoms with Crippen LogP contribution in [0.15, 0.2) is 24.3 Å². The zero-order chi connectivity index (χ0) is 16.9. The van der Waals surface area contributed by atoms with Gasteiger partial charge in [-0.2, -0.15) is 0 Å². The van der Waals surface area contributed by atoms with Gasteiger partial charge in [-0.15, -0.1) is 0 Å². The molecule has 1 saturated carbocycles. The van der Waals surface area contributed by atoms with Crippen molar-refractivity contribution in [3.05, 3.63) is 29.8 Å². The number of carbonyl (C=O) groups is 1. The Bertz CT molecular complexity index is 518. The lowest BCUT2D eigenvalue weighted by Gasteiger charge is -2.36. The minimum Gasteiger partial charge on any atom is -0.497 e. The molecule has 0 heterocycles. The molecular weight excluding hydrogens is 304 g/mol. The van der Waals surface area contributed by atoms with Crippen molar-refractivity contribution < 1.29 is 14.3 Å². The molecule has 2 rings (SSSR count). The summed E-state index contributed by atoms with van der Waals surface area (Å²) in [6.07, 6.45) is 3.66. The SMILES string of the molecule is COc1ccc(C2(COCC[Si](C)(C)C)CCCCC2=O)cc1. The Morgan fingerprint density at radius 3 is 2.39 bits per heavy atom. The first-order chi connectivity index (χ1) is 10.9. The Morgan fingerprint density at radius 2 is 1.83 bits per heavy atom. The summed E-state index contributed by atoms with van der Waals surface area (Å²) in [7, 11) is 0.559. The van der Waals surface area contributed by atoms with Crippen LogP contribution in [0.5, 0.6) is 5.75 Å². The fourth-order valence-electron chi connectivity index (χ4n) is 3.17. The molecule has 1 unspecified atom stereocenters. The fraction of sp³-hybridized carbons (Fsp3) is 0.632. The Morgan fingerprint density at radius 1 is 1.13 bits per heavy atom. The van der Waals surface area contributed by atoms with Gasteiger partial charge in [-0.25, -0.2) is 0 Å². The summed E-state index contributed by atoms with van der Waals surface area (Å²) in [4.78, 5) is 12.8. The number of hydrogen-bond donors (Lipinski definition) is 0. The summed E-state index contributed by atoms with van der Waals surface area (Å²) >= 11 is 0. The minimum absolute atomic E-state index is 0.335. The van der Waals surface area contributed by atoms with Gasteiger partial charge in [0.25, 0.3) is 0 Å². The van der Waals surface area contributed by atoms with Gasteiger partial charge in [-0.05, 0) is 36.6 Å². The van der Waals surface area contributed by atoms with Crippen molar-refractivity contribution in [2.75, 3.05) is 20.3 Å². The summed E-state index contributed by atoms with van der Waals surface area (Å²) < 4.78 is 11.3. The largest absolute Gasteiger partial charge is 0.497 e. The second-order valence-electron chi connectivity index (χ2n) is 7.80. The van der Waals surface area contributed by atoms with Crippen LogP contribution in [0.2, 0.25) is 25.7 Å². The van der Waals surface area contributed by atoms with E-state index < -0.39 is 13.5 Å². The lowest BCUT2D eigenvalue weighted by molar-refractivity contribution is -0.129. The van der Waals surface area contributed by atoms with Crippen LogP contribution in [-0.2, 0) is 14.9 Å². The number of carbonyl (C=O) groups excluding carboxylic acids is 1. The highest BCUT2D eigenvalue weighted by molar-refractivity contribution is 6.76. The first kappa shape index (κ1) is 18.2. The summed E-state index contributed by atoms with van der Waals surface area (Å²) in [5, 5.41) is 0. The number of hydrogen-bond acceptors (Lipinski definition) is 3. The van der Waals surface area contributed by atoms with Gasteiger partial charge < -0.3 is 9.47 Å². The molecule has 23 heavy (non-hydrogen) atoms. The maximum atomic E-state index is 12.8. The second-order valence-corrected chi connectivity index (χ2v) is 13.4. The number of methoxy groups -OCH3 is 1. The molecule has 0 radical (unpaired) electrons. The van der Waals surface area contributed by atoms with Crippen molar-refractivity contribution in [2.24, 2.45) is 0 Å². The molecule has 1 fully saturated rings. The van der Waals surface area contributed by atoms with E-state index in [4.69, 9.17) is 9.47 Å². The number of rotatable bonds is 7. The van der Waals surface area contributed by atoms with Crippen LogP contribution in [0, 0.1) is 0 Å². The predicted molar refractivity (Wildman–Crippen MR) is 97.1 cm³/mol. The van der Waals surface area contributed by atoms with E-state index >= 15 is 0 Å². The first-order valence-corrected chi connectivity index (χ1v) is 12.3. The molecule has 1 aliphatic carbocycles. The third kappa shape index (κ3) is 4.67. The summed E-state index contributed by atoms with van der Waals surface area (Å²) in [5.74, 6) is 1.16. The number of benzene rings is 1. The van der Waals surface area contributed by atoms with Crippen molar-refractivity contribution in [2.45, 2.75) is 56.8 Å². The number of ketones is 1. The maximum absolute atomic E-state index is 12.8. The molecule has 4 heteroatoms. The van der Waals surface area contributed by atoms with Gasteiger partial charge in [0, 0.05) is 21.1 Å². The molecule has 1 aliphatic rings. The van der Waals surface area contributed by atoms with Crippen LogP contribution in [0.1, 0.15) is 31.2 Å². The molecule has 0 bridgehead atoms. The van der Waals surface area contributed by atoms with Crippen molar-refractivity contribution in [3.63, 3.8) is 0 Å². The predicted octanol–water partition coefficient (Wildman–Crippen LogP) is 4.43. The Balaban J connectivity index is 2.13. The topological polar surface area (TPSA) is 35.5 Å². The molecule has 1 aromatic rings. The van der Waals surface area contributed by atoms with Gasteiger partial charge in [-0.1, -0.05) is 38.2 Å². The van der Waals surface area contributed by atoms with Gasteiger partial charge in [0.2, 0.25) is 0 Å². The Hall–Kier alpha value is -1.13. The third-order valence-electron chi connectivity index (χ3n) is 4.78. The van der Waals surface area contributed by atoms with Gasteiger partial charge >= 0.3 is 0 Å². The zero-order valence-corrected chi connectivity index (χ0v) is 16.0. The normalized spacial score (nSPS) is 22.2. The Labute approximate surface area is 141 Å². The lowest BCUT2D eigenvalue weighted by Crippen LogP contribution is -2.43. The van der Waals surface area contributed by atoms with Gasteiger partial charge in [-0.3, -0.25) is 4.79 Å². The molecule has 1 aromatic carbocycles. The molecule has 0 N–H and O–H groups in total. The average molecular weight is 335 g/mol. The van der Waals surface area contributed by atoms with E-state index in [1.54, 1.807) is 7.11 Å². The number of ether oxygens (including phenoxy) is 2. The van der Waals surface area contributed by atoms with E-state index in [0.29, 0.717) is 18.8 Å². The van der Waals surface area contributed by atoms with Crippen molar-refractivity contribution in [1.29, 1.82) is 0 Å². The molecule has 128 valence electrons. The quantitative estimate of drug-likeness (QED) is 0.546.